The van der Waals surface area contributed by atoms with E-state index in [1.165, 1.54) is 57.8 Å². The summed E-state index contributed by atoms with van der Waals surface area (Å²) < 4.78 is 0. The first kappa shape index (κ1) is 24.0. The molecule has 0 atom stereocenters. The lowest BCUT2D eigenvalue weighted by Crippen LogP contribution is -2.26. The Hall–Kier alpha value is -2.28. The molecule has 4 heteroatoms. The number of anilines is 1. The summed E-state index contributed by atoms with van der Waals surface area (Å²) >= 11 is 0. The Morgan fingerprint density at radius 2 is 1.47 bits per heavy atom. The predicted molar refractivity (Wildman–Crippen MR) is 125 cm³/mol. The number of aryl methyl sites for hydroxylation is 2. The molecule has 0 aliphatic heterocycles. The molecule has 0 heterocycles. The first-order valence-corrected chi connectivity index (χ1v) is 12.0. The number of carbonyl (C=O) groups excluding carboxylic acids is 1. The molecule has 164 valence electrons. The van der Waals surface area contributed by atoms with Crippen LogP contribution in [0.2, 0.25) is 0 Å². The van der Waals surface area contributed by atoms with E-state index in [0.29, 0.717) is 6.04 Å². The molecule has 0 radical (unpaired) electrons. The third-order valence-electron chi connectivity index (χ3n) is 6.17. The number of rotatable bonds is 6. The van der Waals surface area contributed by atoms with Gasteiger partial charge in [0, 0.05) is 17.9 Å². The van der Waals surface area contributed by atoms with Gasteiger partial charge >= 0.3 is 0 Å². The Morgan fingerprint density at radius 3 is 1.93 bits per heavy atom. The SMILES string of the molecule is CCc1cccc(CC)c1NC(=O)/C(C#N)=C\NC1CCCCCCCCCCC1. The van der Waals surface area contributed by atoms with Crippen LogP contribution in [0, 0.1) is 11.3 Å². The molecule has 30 heavy (non-hydrogen) atoms. The fraction of sp³-hybridized carbons (Fsp3) is 0.615. The molecular weight excluding hydrogens is 370 g/mol. The van der Waals surface area contributed by atoms with Gasteiger partial charge in [0.1, 0.15) is 11.6 Å². The zero-order valence-electron chi connectivity index (χ0n) is 18.9. The third-order valence-corrected chi connectivity index (χ3v) is 6.17. The van der Waals surface area contributed by atoms with Crippen LogP contribution < -0.4 is 10.6 Å². The van der Waals surface area contributed by atoms with E-state index in [1.807, 2.05) is 18.2 Å². The third kappa shape index (κ3) is 7.86. The largest absolute Gasteiger partial charge is 0.387 e. The first-order valence-electron chi connectivity index (χ1n) is 12.0. The number of hydrogen-bond donors (Lipinski definition) is 2. The second kappa shape index (κ2) is 13.9. The van der Waals surface area contributed by atoms with Crippen molar-refractivity contribution in [1.29, 1.82) is 5.26 Å². The molecule has 0 aromatic heterocycles. The maximum atomic E-state index is 12.8. The summed E-state index contributed by atoms with van der Waals surface area (Å²) in [7, 11) is 0. The highest BCUT2D eigenvalue weighted by Gasteiger charge is 2.15. The average Bonchev–Trinajstić information content (AvgIpc) is 2.75. The van der Waals surface area contributed by atoms with Crippen molar-refractivity contribution >= 4 is 11.6 Å². The molecule has 1 saturated carbocycles. The zero-order valence-corrected chi connectivity index (χ0v) is 18.9. The summed E-state index contributed by atoms with van der Waals surface area (Å²) in [6.07, 6.45) is 17.3. The van der Waals surface area contributed by atoms with E-state index in [0.717, 1.165) is 42.5 Å². The van der Waals surface area contributed by atoms with Crippen LogP contribution in [0.25, 0.3) is 0 Å². The minimum atomic E-state index is -0.325. The molecule has 1 amide bonds. The summed E-state index contributed by atoms with van der Waals surface area (Å²) in [4.78, 5) is 12.8. The number of hydrogen-bond acceptors (Lipinski definition) is 3. The number of carbonyl (C=O) groups is 1. The molecule has 0 saturated heterocycles. The highest BCUT2D eigenvalue weighted by molar-refractivity contribution is 6.07. The number of para-hydroxylation sites is 1. The second-order valence-corrected chi connectivity index (χ2v) is 8.41. The van der Waals surface area contributed by atoms with Gasteiger partial charge in [0.05, 0.1) is 0 Å². The molecule has 1 aliphatic rings. The summed E-state index contributed by atoms with van der Waals surface area (Å²) in [5.41, 5.74) is 3.22. The van der Waals surface area contributed by atoms with Crippen molar-refractivity contribution in [2.45, 2.75) is 103 Å². The normalized spacial score (nSPS) is 17.3. The number of nitrogens with zero attached hydrogens (tertiary/aromatic N) is 1. The van der Waals surface area contributed by atoms with Gasteiger partial charge in [0.2, 0.25) is 0 Å². The van der Waals surface area contributed by atoms with Gasteiger partial charge in [-0.1, -0.05) is 89.8 Å². The fourth-order valence-electron chi connectivity index (χ4n) is 4.26. The summed E-state index contributed by atoms with van der Waals surface area (Å²) in [5, 5.41) is 16.0. The highest BCUT2D eigenvalue weighted by Crippen LogP contribution is 2.23. The van der Waals surface area contributed by atoms with Gasteiger partial charge in [-0.25, -0.2) is 0 Å². The van der Waals surface area contributed by atoms with Gasteiger partial charge < -0.3 is 10.6 Å². The molecule has 1 aliphatic carbocycles. The molecule has 1 aromatic carbocycles. The van der Waals surface area contributed by atoms with Crippen LogP contribution in [0.1, 0.15) is 95.6 Å². The number of amides is 1. The Bertz CT molecular complexity index is 698. The second-order valence-electron chi connectivity index (χ2n) is 8.41. The van der Waals surface area contributed by atoms with Gasteiger partial charge in [0.15, 0.2) is 0 Å². The number of nitrogens with one attached hydrogen (secondary N) is 2. The number of benzene rings is 1. The van der Waals surface area contributed by atoms with Crippen molar-refractivity contribution in [1.82, 2.24) is 5.32 Å². The molecule has 0 bridgehead atoms. The van der Waals surface area contributed by atoms with Crippen molar-refractivity contribution in [2.24, 2.45) is 0 Å². The van der Waals surface area contributed by atoms with Crippen LogP contribution in [0.15, 0.2) is 30.0 Å². The Morgan fingerprint density at radius 1 is 0.967 bits per heavy atom. The zero-order chi connectivity index (χ0) is 21.6. The lowest BCUT2D eigenvalue weighted by molar-refractivity contribution is -0.112. The Balaban J connectivity index is 2.03. The van der Waals surface area contributed by atoms with Gasteiger partial charge in [-0.05, 0) is 36.8 Å². The predicted octanol–water partition coefficient (Wildman–Crippen LogP) is 6.42. The molecule has 4 nitrogen and oxygen atoms in total. The molecule has 2 N–H and O–H groups in total. The van der Waals surface area contributed by atoms with Gasteiger partial charge in [0.25, 0.3) is 5.91 Å². The minimum absolute atomic E-state index is 0.147. The first-order chi connectivity index (χ1) is 14.7. The van der Waals surface area contributed by atoms with E-state index >= 15 is 0 Å². The van der Waals surface area contributed by atoms with E-state index in [4.69, 9.17) is 0 Å². The van der Waals surface area contributed by atoms with Crippen molar-refractivity contribution in [3.8, 4) is 6.07 Å². The lowest BCUT2D eigenvalue weighted by atomic mass is 9.98. The molecule has 1 aromatic rings. The molecule has 0 spiro atoms. The van der Waals surface area contributed by atoms with Gasteiger partial charge in [-0.2, -0.15) is 5.26 Å². The average molecular weight is 410 g/mol. The topological polar surface area (TPSA) is 64.9 Å². The number of nitriles is 1. The van der Waals surface area contributed by atoms with Gasteiger partial charge in [-0.15, -0.1) is 0 Å². The standard InChI is InChI=1S/C26H39N3O/c1-3-21-15-14-16-22(4-2)25(21)29-26(30)23(19-27)20-28-24-17-12-10-8-6-5-7-9-11-13-18-24/h14-16,20,24,28H,3-13,17-18H2,1-2H3,(H,29,30)/b23-20-. The Kier molecular flexibility index (Phi) is 11.1. The fourth-order valence-corrected chi connectivity index (χ4v) is 4.26. The highest BCUT2D eigenvalue weighted by atomic mass is 16.1. The van der Waals surface area contributed by atoms with Crippen molar-refractivity contribution in [3.63, 3.8) is 0 Å². The minimum Gasteiger partial charge on any atom is -0.387 e. The molecule has 2 rings (SSSR count). The van der Waals surface area contributed by atoms with Gasteiger partial charge in [-0.3, -0.25) is 4.79 Å². The van der Waals surface area contributed by atoms with Crippen molar-refractivity contribution in [3.05, 3.63) is 41.1 Å². The van der Waals surface area contributed by atoms with Crippen LogP contribution in [0.5, 0.6) is 0 Å². The lowest BCUT2D eigenvalue weighted by Gasteiger charge is -2.19. The van der Waals surface area contributed by atoms with Crippen molar-refractivity contribution < 1.29 is 4.79 Å². The smallest absolute Gasteiger partial charge is 0.267 e. The van der Waals surface area contributed by atoms with E-state index in [1.54, 1.807) is 6.20 Å². The monoisotopic (exact) mass is 409 g/mol. The summed E-state index contributed by atoms with van der Waals surface area (Å²) in [6, 6.07) is 8.53. The Labute approximate surface area is 183 Å². The van der Waals surface area contributed by atoms with Crippen LogP contribution in [0.3, 0.4) is 0 Å². The van der Waals surface area contributed by atoms with Crippen LogP contribution >= 0.6 is 0 Å². The molecule has 0 unspecified atom stereocenters. The van der Waals surface area contributed by atoms with E-state index in [9.17, 15) is 10.1 Å². The summed E-state index contributed by atoms with van der Waals surface area (Å²) in [6.45, 7) is 4.16. The van der Waals surface area contributed by atoms with Crippen LogP contribution in [0.4, 0.5) is 5.69 Å². The van der Waals surface area contributed by atoms with E-state index < -0.39 is 0 Å². The molecular formula is C26H39N3O. The van der Waals surface area contributed by atoms with Crippen LogP contribution in [-0.4, -0.2) is 11.9 Å². The van der Waals surface area contributed by atoms with E-state index in [-0.39, 0.29) is 11.5 Å². The van der Waals surface area contributed by atoms with E-state index in [2.05, 4.69) is 30.6 Å². The maximum absolute atomic E-state index is 12.8. The molecule has 1 fully saturated rings. The van der Waals surface area contributed by atoms with Crippen molar-refractivity contribution in [2.75, 3.05) is 5.32 Å². The quantitative estimate of drug-likeness (QED) is 0.421. The summed E-state index contributed by atoms with van der Waals surface area (Å²) in [5.74, 6) is -0.325. The van der Waals surface area contributed by atoms with Crippen LogP contribution in [-0.2, 0) is 17.6 Å². The maximum Gasteiger partial charge on any atom is 0.267 e.